The van der Waals surface area contributed by atoms with Crippen LogP contribution in [0.15, 0.2) is 42.5 Å². The van der Waals surface area contributed by atoms with Gasteiger partial charge in [0.1, 0.15) is 11.6 Å². The number of benzene rings is 2. The normalized spacial score (nSPS) is 11.8. The molecule has 0 aliphatic carbocycles. The maximum absolute atomic E-state index is 13.6. The van der Waals surface area contributed by atoms with Crippen LogP contribution in [0.2, 0.25) is 5.02 Å². The van der Waals surface area contributed by atoms with Crippen molar-refractivity contribution in [2.75, 3.05) is 11.9 Å². The summed E-state index contributed by atoms with van der Waals surface area (Å²) in [6.45, 7) is 4.01. The smallest absolute Gasteiger partial charge is 0.262 e. The van der Waals surface area contributed by atoms with Gasteiger partial charge < -0.3 is 10.1 Å². The summed E-state index contributed by atoms with van der Waals surface area (Å²) < 4.78 is 19.2. The van der Waals surface area contributed by atoms with Crippen molar-refractivity contribution in [3.63, 3.8) is 0 Å². The average Bonchev–Trinajstić information content (AvgIpc) is 2.55. The van der Waals surface area contributed by atoms with Crippen molar-refractivity contribution in [2.24, 2.45) is 0 Å². The fourth-order valence-electron chi connectivity index (χ4n) is 2.16. The number of amides is 1. The maximum atomic E-state index is 13.6. The first-order chi connectivity index (χ1) is 11.0. The van der Waals surface area contributed by atoms with E-state index >= 15 is 0 Å². The molecule has 122 valence electrons. The molecule has 5 heteroatoms. The molecule has 0 radical (unpaired) electrons. The number of para-hydroxylation sites is 1. The van der Waals surface area contributed by atoms with E-state index in [9.17, 15) is 9.18 Å². The molecule has 0 aliphatic heterocycles. The lowest BCUT2D eigenvalue weighted by Crippen LogP contribution is -2.21. The van der Waals surface area contributed by atoms with Gasteiger partial charge in [0.25, 0.3) is 5.91 Å². The summed E-state index contributed by atoms with van der Waals surface area (Å²) in [4.78, 5) is 11.9. The number of rotatable bonds is 6. The van der Waals surface area contributed by atoms with E-state index in [0.29, 0.717) is 11.7 Å². The largest absolute Gasteiger partial charge is 0.483 e. The van der Waals surface area contributed by atoms with Crippen molar-refractivity contribution >= 4 is 23.2 Å². The van der Waals surface area contributed by atoms with Crippen molar-refractivity contribution in [2.45, 2.75) is 26.2 Å². The summed E-state index contributed by atoms with van der Waals surface area (Å²) in [5, 5.41) is 2.75. The van der Waals surface area contributed by atoms with E-state index in [2.05, 4.69) is 19.2 Å². The van der Waals surface area contributed by atoms with Crippen molar-refractivity contribution in [1.82, 2.24) is 0 Å². The Morgan fingerprint density at radius 2 is 2.04 bits per heavy atom. The first-order valence-electron chi connectivity index (χ1n) is 7.48. The molecule has 1 unspecified atom stereocenters. The monoisotopic (exact) mass is 335 g/mol. The van der Waals surface area contributed by atoms with E-state index < -0.39 is 11.7 Å². The molecule has 2 aromatic carbocycles. The highest BCUT2D eigenvalue weighted by atomic mass is 35.5. The van der Waals surface area contributed by atoms with Crippen LogP contribution in [-0.2, 0) is 4.79 Å². The van der Waals surface area contributed by atoms with E-state index in [1.165, 1.54) is 12.1 Å². The van der Waals surface area contributed by atoms with Crippen molar-refractivity contribution < 1.29 is 13.9 Å². The SMILES string of the molecule is CCC(C)c1ccccc1OCC(=O)Nc1ccc(Cl)cc1F. The van der Waals surface area contributed by atoms with Gasteiger partial charge in [0.2, 0.25) is 0 Å². The maximum Gasteiger partial charge on any atom is 0.262 e. The second-order valence-electron chi connectivity index (χ2n) is 5.31. The van der Waals surface area contributed by atoms with Crippen LogP contribution in [0.25, 0.3) is 0 Å². The molecule has 1 amide bonds. The first kappa shape index (κ1) is 17.3. The molecule has 0 saturated carbocycles. The van der Waals surface area contributed by atoms with Gasteiger partial charge in [-0.1, -0.05) is 43.6 Å². The highest BCUT2D eigenvalue weighted by Gasteiger charge is 2.12. The molecule has 1 N–H and O–H groups in total. The van der Waals surface area contributed by atoms with Crippen LogP contribution < -0.4 is 10.1 Å². The fourth-order valence-corrected chi connectivity index (χ4v) is 2.32. The lowest BCUT2D eigenvalue weighted by molar-refractivity contribution is -0.118. The van der Waals surface area contributed by atoms with E-state index in [0.717, 1.165) is 18.1 Å². The third-order valence-corrected chi connectivity index (χ3v) is 3.86. The van der Waals surface area contributed by atoms with Gasteiger partial charge in [0, 0.05) is 5.02 Å². The number of nitrogens with one attached hydrogen (secondary N) is 1. The van der Waals surface area contributed by atoms with Crippen LogP contribution in [-0.4, -0.2) is 12.5 Å². The summed E-state index contributed by atoms with van der Waals surface area (Å²) in [6, 6.07) is 11.7. The molecule has 0 aliphatic rings. The number of ether oxygens (including phenoxy) is 1. The van der Waals surface area contributed by atoms with E-state index in [1.54, 1.807) is 0 Å². The Morgan fingerprint density at radius 3 is 2.74 bits per heavy atom. The van der Waals surface area contributed by atoms with Crippen molar-refractivity contribution in [1.29, 1.82) is 0 Å². The summed E-state index contributed by atoms with van der Waals surface area (Å²) in [5.74, 6) is 0.00702. The summed E-state index contributed by atoms with van der Waals surface area (Å²) in [7, 11) is 0. The summed E-state index contributed by atoms with van der Waals surface area (Å²) in [6.07, 6.45) is 0.975. The predicted molar refractivity (Wildman–Crippen MR) is 90.7 cm³/mol. The third-order valence-electron chi connectivity index (χ3n) is 3.63. The minimum atomic E-state index is -0.578. The molecule has 0 saturated heterocycles. The summed E-state index contributed by atoms with van der Waals surface area (Å²) in [5.41, 5.74) is 1.14. The van der Waals surface area contributed by atoms with E-state index in [4.69, 9.17) is 16.3 Å². The van der Waals surface area contributed by atoms with Gasteiger partial charge in [-0.15, -0.1) is 0 Å². The third kappa shape index (κ3) is 4.70. The Hall–Kier alpha value is -2.07. The van der Waals surface area contributed by atoms with Crippen LogP contribution in [0.1, 0.15) is 31.7 Å². The number of hydrogen-bond acceptors (Lipinski definition) is 2. The fraction of sp³-hybridized carbons (Fsp3) is 0.278. The number of halogens is 2. The van der Waals surface area contributed by atoms with Gasteiger partial charge in [0.05, 0.1) is 5.69 Å². The van der Waals surface area contributed by atoms with Crippen LogP contribution >= 0.6 is 11.6 Å². The Balaban J connectivity index is 2.00. The molecular formula is C18H19ClFNO2. The van der Waals surface area contributed by atoms with E-state index in [-0.39, 0.29) is 17.3 Å². The van der Waals surface area contributed by atoms with Crippen LogP contribution in [0.5, 0.6) is 5.75 Å². The molecular weight excluding hydrogens is 317 g/mol. The van der Waals surface area contributed by atoms with Crippen LogP contribution in [0.4, 0.5) is 10.1 Å². The lowest BCUT2D eigenvalue weighted by atomic mass is 9.98. The standard InChI is InChI=1S/C18H19ClFNO2/c1-3-12(2)14-6-4-5-7-17(14)23-11-18(22)21-16-9-8-13(19)10-15(16)20/h4-10,12H,3,11H2,1-2H3,(H,21,22). The Labute approximate surface area is 140 Å². The zero-order valence-corrected chi connectivity index (χ0v) is 13.9. The number of carbonyl (C=O) groups excluding carboxylic acids is 1. The lowest BCUT2D eigenvalue weighted by Gasteiger charge is -2.15. The Morgan fingerprint density at radius 1 is 1.30 bits per heavy atom. The Bertz CT molecular complexity index is 690. The highest BCUT2D eigenvalue weighted by Crippen LogP contribution is 2.28. The van der Waals surface area contributed by atoms with Gasteiger partial charge >= 0.3 is 0 Å². The second kappa shape index (κ2) is 7.97. The molecule has 0 bridgehead atoms. The highest BCUT2D eigenvalue weighted by molar-refractivity contribution is 6.30. The first-order valence-corrected chi connectivity index (χ1v) is 7.85. The zero-order chi connectivity index (χ0) is 16.8. The minimum absolute atomic E-state index is 0.0817. The van der Waals surface area contributed by atoms with Gasteiger partial charge in [-0.2, -0.15) is 0 Å². The molecule has 2 rings (SSSR count). The molecule has 0 spiro atoms. The average molecular weight is 336 g/mol. The molecule has 1 atom stereocenters. The van der Waals surface area contributed by atoms with Gasteiger partial charge in [-0.3, -0.25) is 4.79 Å². The van der Waals surface area contributed by atoms with Crippen molar-refractivity contribution in [3.05, 3.63) is 58.9 Å². The van der Waals surface area contributed by atoms with Crippen LogP contribution in [0, 0.1) is 5.82 Å². The molecule has 3 nitrogen and oxygen atoms in total. The Kier molecular flexibility index (Phi) is 5.99. The summed E-state index contributed by atoms with van der Waals surface area (Å²) >= 11 is 5.68. The number of anilines is 1. The number of carbonyl (C=O) groups is 1. The van der Waals surface area contributed by atoms with E-state index in [1.807, 2.05) is 24.3 Å². The topological polar surface area (TPSA) is 38.3 Å². The van der Waals surface area contributed by atoms with Gasteiger partial charge in [-0.05, 0) is 42.2 Å². The minimum Gasteiger partial charge on any atom is -0.483 e. The van der Waals surface area contributed by atoms with Gasteiger partial charge in [0.15, 0.2) is 6.61 Å². The molecule has 0 aromatic heterocycles. The second-order valence-corrected chi connectivity index (χ2v) is 5.74. The van der Waals surface area contributed by atoms with Gasteiger partial charge in [-0.25, -0.2) is 4.39 Å². The predicted octanol–water partition coefficient (Wildman–Crippen LogP) is 5.01. The molecule has 0 heterocycles. The number of hydrogen-bond donors (Lipinski definition) is 1. The van der Waals surface area contributed by atoms with Crippen LogP contribution in [0.3, 0.4) is 0 Å². The molecule has 23 heavy (non-hydrogen) atoms. The molecule has 2 aromatic rings. The molecule has 0 fully saturated rings. The zero-order valence-electron chi connectivity index (χ0n) is 13.1. The van der Waals surface area contributed by atoms with Crippen molar-refractivity contribution in [3.8, 4) is 5.75 Å². The quantitative estimate of drug-likeness (QED) is 0.805.